The summed E-state index contributed by atoms with van der Waals surface area (Å²) >= 11 is 1.68. The second kappa shape index (κ2) is 5.46. The molecule has 0 unspecified atom stereocenters. The molecule has 0 bridgehead atoms. The Morgan fingerprint density at radius 3 is 3.10 bits per heavy atom. The van der Waals surface area contributed by atoms with Crippen molar-refractivity contribution in [2.24, 2.45) is 0 Å². The van der Waals surface area contributed by atoms with Gasteiger partial charge in [-0.05, 0) is 36.9 Å². The van der Waals surface area contributed by atoms with Crippen LogP contribution in [-0.4, -0.2) is 15.3 Å². The van der Waals surface area contributed by atoms with Gasteiger partial charge in [-0.15, -0.1) is 11.3 Å². The van der Waals surface area contributed by atoms with Crippen molar-refractivity contribution in [3.05, 3.63) is 52.6 Å². The van der Waals surface area contributed by atoms with E-state index < -0.39 is 0 Å². The van der Waals surface area contributed by atoms with Gasteiger partial charge in [-0.1, -0.05) is 6.07 Å². The summed E-state index contributed by atoms with van der Waals surface area (Å²) in [4.78, 5) is 17.7. The normalized spacial score (nSPS) is 10.8. The van der Waals surface area contributed by atoms with Crippen molar-refractivity contribution in [3.63, 3.8) is 0 Å². The fourth-order valence-corrected chi connectivity index (χ4v) is 2.85. The quantitative estimate of drug-likeness (QED) is 0.799. The summed E-state index contributed by atoms with van der Waals surface area (Å²) in [5.41, 5.74) is 2.48. The highest BCUT2D eigenvalue weighted by molar-refractivity contribution is 7.09. The fourth-order valence-electron chi connectivity index (χ4n) is 2.14. The molecule has 1 N–H and O–H groups in total. The SMILES string of the molecule is Cc1cn2cccc(NC(=O)CCc3cccs3)c2n1. The van der Waals surface area contributed by atoms with Gasteiger partial charge in [0.05, 0.1) is 11.4 Å². The van der Waals surface area contributed by atoms with Gasteiger partial charge in [-0.3, -0.25) is 4.79 Å². The van der Waals surface area contributed by atoms with Crippen LogP contribution in [0.4, 0.5) is 5.69 Å². The van der Waals surface area contributed by atoms with Gasteiger partial charge in [0, 0.05) is 23.7 Å². The van der Waals surface area contributed by atoms with E-state index in [1.807, 2.05) is 47.3 Å². The average molecular weight is 285 g/mol. The van der Waals surface area contributed by atoms with Crippen molar-refractivity contribution >= 4 is 28.6 Å². The number of aryl methyl sites for hydroxylation is 2. The van der Waals surface area contributed by atoms with Gasteiger partial charge in [0.2, 0.25) is 5.91 Å². The predicted molar refractivity (Wildman–Crippen MR) is 81.2 cm³/mol. The molecule has 4 nitrogen and oxygen atoms in total. The first-order valence-corrected chi connectivity index (χ1v) is 7.37. The number of hydrogen-bond donors (Lipinski definition) is 1. The van der Waals surface area contributed by atoms with Crippen LogP contribution in [0.5, 0.6) is 0 Å². The highest BCUT2D eigenvalue weighted by Gasteiger charge is 2.08. The molecular formula is C15H15N3OS. The van der Waals surface area contributed by atoms with Crippen molar-refractivity contribution in [1.29, 1.82) is 0 Å². The monoisotopic (exact) mass is 285 g/mol. The van der Waals surface area contributed by atoms with E-state index in [4.69, 9.17) is 0 Å². The van der Waals surface area contributed by atoms with Crippen molar-refractivity contribution in [3.8, 4) is 0 Å². The Balaban J connectivity index is 1.71. The number of fused-ring (bicyclic) bond motifs is 1. The third-order valence-corrected chi connectivity index (χ3v) is 3.99. The Kier molecular flexibility index (Phi) is 3.52. The number of rotatable bonds is 4. The second-order valence-corrected chi connectivity index (χ2v) is 5.69. The van der Waals surface area contributed by atoms with Crippen molar-refractivity contribution in [2.45, 2.75) is 19.8 Å². The molecular weight excluding hydrogens is 270 g/mol. The minimum absolute atomic E-state index is 0.0205. The zero-order chi connectivity index (χ0) is 13.9. The van der Waals surface area contributed by atoms with Crippen LogP contribution in [0.1, 0.15) is 17.0 Å². The van der Waals surface area contributed by atoms with E-state index in [0.29, 0.717) is 6.42 Å². The molecule has 20 heavy (non-hydrogen) atoms. The number of imidazole rings is 1. The Labute approximate surface area is 121 Å². The van der Waals surface area contributed by atoms with Crippen LogP contribution < -0.4 is 5.32 Å². The fraction of sp³-hybridized carbons (Fsp3) is 0.200. The topological polar surface area (TPSA) is 46.4 Å². The number of nitrogens with one attached hydrogen (secondary N) is 1. The molecule has 0 radical (unpaired) electrons. The summed E-state index contributed by atoms with van der Waals surface area (Å²) in [5, 5.41) is 4.97. The van der Waals surface area contributed by atoms with Crippen LogP contribution >= 0.6 is 11.3 Å². The van der Waals surface area contributed by atoms with Crippen molar-refractivity contribution < 1.29 is 4.79 Å². The summed E-state index contributed by atoms with van der Waals surface area (Å²) in [5.74, 6) is 0.0205. The lowest BCUT2D eigenvalue weighted by Gasteiger charge is -2.06. The number of thiophene rings is 1. The van der Waals surface area contributed by atoms with Crippen LogP contribution in [0.3, 0.4) is 0 Å². The molecule has 0 aromatic carbocycles. The molecule has 0 aliphatic carbocycles. The maximum atomic E-state index is 12.0. The predicted octanol–water partition coefficient (Wildman–Crippen LogP) is 3.28. The van der Waals surface area contributed by atoms with Crippen molar-refractivity contribution in [2.75, 3.05) is 5.32 Å². The lowest BCUT2D eigenvalue weighted by Crippen LogP contribution is -2.12. The van der Waals surface area contributed by atoms with Crippen LogP contribution in [-0.2, 0) is 11.2 Å². The molecule has 0 aliphatic rings. The lowest BCUT2D eigenvalue weighted by molar-refractivity contribution is -0.116. The van der Waals surface area contributed by atoms with Gasteiger partial charge < -0.3 is 9.72 Å². The molecule has 5 heteroatoms. The Bertz CT molecular complexity index is 731. The zero-order valence-electron chi connectivity index (χ0n) is 11.2. The van der Waals surface area contributed by atoms with E-state index in [-0.39, 0.29) is 5.91 Å². The van der Waals surface area contributed by atoms with Crippen LogP contribution in [0, 0.1) is 6.92 Å². The summed E-state index contributed by atoms with van der Waals surface area (Å²) < 4.78 is 1.92. The maximum Gasteiger partial charge on any atom is 0.224 e. The molecule has 0 saturated heterocycles. The van der Waals surface area contributed by atoms with Crippen LogP contribution in [0.25, 0.3) is 5.65 Å². The summed E-state index contributed by atoms with van der Waals surface area (Å²) in [6, 6.07) is 7.84. The van der Waals surface area contributed by atoms with E-state index >= 15 is 0 Å². The summed E-state index contributed by atoms with van der Waals surface area (Å²) in [6.45, 7) is 1.94. The van der Waals surface area contributed by atoms with Gasteiger partial charge in [-0.25, -0.2) is 4.98 Å². The number of anilines is 1. The minimum Gasteiger partial charge on any atom is -0.323 e. The molecule has 0 aliphatic heterocycles. The standard InChI is InChI=1S/C15H15N3OS/c1-11-10-18-8-2-5-13(15(18)16-11)17-14(19)7-6-12-4-3-9-20-12/h2-5,8-10H,6-7H2,1H3,(H,17,19). The number of carbonyl (C=O) groups excluding carboxylic acids is 1. The second-order valence-electron chi connectivity index (χ2n) is 4.66. The highest BCUT2D eigenvalue weighted by Crippen LogP contribution is 2.17. The van der Waals surface area contributed by atoms with Gasteiger partial charge >= 0.3 is 0 Å². The van der Waals surface area contributed by atoms with Gasteiger partial charge in [0.1, 0.15) is 0 Å². The van der Waals surface area contributed by atoms with Crippen LogP contribution in [0.2, 0.25) is 0 Å². The third kappa shape index (κ3) is 2.72. The average Bonchev–Trinajstić information content (AvgIpc) is 3.05. The molecule has 0 spiro atoms. The van der Waals surface area contributed by atoms with E-state index in [9.17, 15) is 4.79 Å². The first-order chi connectivity index (χ1) is 9.72. The lowest BCUT2D eigenvalue weighted by atomic mass is 10.2. The molecule has 3 heterocycles. The highest BCUT2D eigenvalue weighted by atomic mass is 32.1. The molecule has 3 aromatic rings. The largest absolute Gasteiger partial charge is 0.323 e. The molecule has 3 aromatic heterocycles. The number of carbonyl (C=O) groups is 1. The smallest absolute Gasteiger partial charge is 0.224 e. The zero-order valence-corrected chi connectivity index (χ0v) is 12.0. The van der Waals surface area contributed by atoms with E-state index in [1.54, 1.807) is 11.3 Å². The van der Waals surface area contributed by atoms with Gasteiger partial charge in [0.15, 0.2) is 5.65 Å². The van der Waals surface area contributed by atoms with E-state index in [1.165, 1.54) is 4.88 Å². The first kappa shape index (κ1) is 12.9. The number of amides is 1. The maximum absolute atomic E-state index is 12.0. The van der Waals surface area contributed by atoms with Crippen LogP contribution in [0.15, 0.2) is 42.0 Å². The van der Waals surface area contributed by atoms with Gasteiger partial charge in [-0.2, -0.15) is 0 Å². The Hall–Kier alpha value is -2.14. The minimum atomic E-state index is 0.0205. The van der Waals surface area contributed by atoms with E-state index in [0.717, 1.165) is 23.4 Å². The molecule has 3 rings (SSSR count). The Morgan fingerprint density at radius 1 is 1.40 bits per heavy atom. The Morgan fingerprint density at radius 2 is 2.30 bits per heavy atom. The molecule has 1 amide bonds. The molecule has 102 valence electrons. The molecule has 0 atom stereocenters. The van der Waals surface area contributed by atoms with Gasteiger partial charge in [0.25, 0.3) is 0 Å². The number of hydrogen-bond acceptors (Lipinski definition) is 3. The number of nitrogens with zero attached hydrogens (tertiary/aromatic N) is 2. The number of pyridine rings is 1. The number of aromatic nitrogens is 2. The molecule has 0 saturated carbocycles. The third-order valence-electron chi connectivity index (χ3n) is 3.06. The van der Waals surface area contributed by atoms with Crippen molar-refractivity contribution in [1.82, 2.24) is 9.38 Å². The summed E-state index contributed by atoms with van der Waals surface area (Å²) in [7, 11) is 0. The summed E-state index contributed by atoms with van der Waals surface area (Å²) in [6.07, 6.45) is 5.13. The molecule has 0 fully saturated rings. The first-order valence-electron chi connectivity index (χ1n) is 6.49. The van der Waals surface area contributed by atoms with E-state index in [2.05, 4.69) is 16.4 Å².